The number of nitrogens with one attached hydrogen (secondary N) is 1. The maximum atomic E-state index is 11.2. The second-order valence-electron chi connectivity index (χ2n) is 4.00. The van der Waals surface area contributed by atoms with Gasteiger partial charge in [-0.3, -0.25) is 4.79 Å². The standard InChI is InChI=1S/C12H18ClN3O/c1-8-6-10(14)9(13)7-11(8)16(3)5-4-12(17)15-2/h6-7H,4-5,14H2,1-3H3,(H,15,17). The van der Waals surface area contributed by atoms with Crippen LogP contribution in [0.25, 0.3) is 0 Å². The lowest BCUT2D eigenvalue weighted by Gasteiger charge is -2.21. The third kappa shape index (κ3) is 3.53. The van der Waals surface area contributed by atoms with E-state index in [-0.39, 0.29) is 5.91 Å². The number of nitrogens with zero attached hydrogens (tertiary/aromatic N) is 1. The zero-order chi connectivity index (χ0) is 13.0. The summed E-state index contributed by atoms with van der Waals surface area (Å²) in [6.07, 6.45) is 0.453. The molecule has 0 aliphatic rings. The summed E-state index contributed by atoms with van der Waals surface area (Å²) in [7, 11) is 3.56. The zero-order valence-electron chi connectivity index (χ0n) is 10.4. The van der Waals surface area contributed by atoms with E-state index in [0.717, 1.165) is 11.3 Å². The average molecular weight is 256 g/mol. The van der Waals surface area contributed by atoms with Crippen LogP contribution in [0.1, 0.15) is 12.0 Å². The Bertz CT molecular complexity index is 420. The van der Waals surface area contributed by atoms with Crippen molar-refractivity contribution < 1.29 is 4.79 Å². The van der Waals surface area contributed by atoms with Crippen molar-refractivity contribution in [2.24, 2.45) is 0 Å². The Morgan fingerprint density at radius 3 is 2.76 bits per heavy atom. The van der Waals surface area contributed by atoms with Crippen LogP contribution in [0.5, 0.6) is 0 Å². The fraction of sp³-hybridized carbons (Fsp3) is 0.417. The van der Waals surface area contributed by atoms with Crippen LogP contribution in [0.15, 0.2) is 12.1 Å². The Balaban J connectivity index is 2.78. The van der Waals surface area contributed by atoms with Crippen LogP contribution < -0.4 is 16.0 Å². The summed E-state index contributed by atoms with van der Waals surface area (Å²) in [5, 5.41) is 3.13. The van der Waals surface area contributed by atoms with Crippen molar-refractivity contribution in [2.75, 3.05) is 31.3 Å². The predicted octanol–water partition coefficient (Wildman–Crippen LogP) is 1.80. The number of carbonyl (C=O) groups is 1. The van der Waals surface area contributed by atoms with Crippen molar-refractivity contribution >= 4 is 28.9 Å². The molecule has 0 bridgehead atoms. The number of amides is 1. The van der Waals surface area contributed by atoms with Crippen LogP contribution in [-0.2, 0) is 4.79 Å². The van der Waals surface area contributed by atoms with Crippen LogP contribution in [0.4, 0.5) is 11.4 Å². The molecular formula is C12H18ClN3O. The highest BCUT2D eigenvalue weighted by atomic mass is 35.5. The van der Waals surface area contributed by atoms with Crippen molar-refractivity contribution in [2.45, 2.75) is 13.3 Å². The fourth-order valence-electron chi connectivity index (χ4n) is 1.62. The van der Waals surface area contributed by atoms with Gasteiger partial charge >= 0.3 is 0 Å². The van der Waals surface area contributed by atoms with Gasteiger partial charge in [-0.2, -0.15) is 0 Å². The van der Waals surface area contributed by atoms with Gasteiger partial charge in [0, 0.05) is 32.7 Å². The van der Waals surface area contributed by atoms with Crippen LogP contribution in [0, 0.1) is 6.92 Å². The number of nitrogens with two attached hydrogens (primary N) is 1. The molecule has 0 heterocycles. The predicted molar refractivity (Wildman–Crippen MR) is 72.6 cm³/mol. The Morgan fingerprint density at radius 1 is 1.53 bits per heavy atom. The van der Waals surface area contributed by atoms with E-state index >= 15 is 0 Å². The Labute approximate surface area is 107 Å². The summed E-state index contributed by atoms with van der Waals surface area (Å²) in [6.45, 7) is 2.61. The Hall–Kier alpha value is -1.42. The number of rotatable bonds is 4. The summed E-state index contributed by atoms with van der Waals surface area (Å²) in [5.74, 6) is 0.0241. The van der Waals surface area contributed by atoms with Crippen LogP contribution in [-0.4, -0.2) is 26.5 Å². The second-order valence-corrected chi connectivity index (χ2v) is 4.41. The number of carbonyl (C=O) groups excluding carboxylic acids is 1. The highest BCUT2D eigenvalue weighted by Gasteiger charge is 2.09. The number of benzene rings is 1. The van der Waals surface area contributed by atoms with E-state index in [1.165, 1.54) is 0 Å². The SMILES string of the molecule is CNC(=O)CCN(C)c1cc(Cl)c(N)cc1C. The van der Waals surface area contributed by atoms with Gasteiger partial charge in [0.15, 0.2) is 0 Å². The molecular weight excluding hydrogens is 238 g/mol. The molecule has 0 saturated carbocycles. The Morgan fingerprint density at radius 2 is 2.18 bits per heavy atom. The molecule has 0 radical (unpaired) electrons. The van der Waals surface area contributed by atoms with Gasteiger partial charge in [0.1, 0.15) is 0 Å². The molecule has 94 valence electrons. The fourth-order valence-corrected chi connectivity index (χ4v) is 1.78. The molecule has 0 fully saturated rings. The zero-order valence-corrected chi connectivity index (χ0v) is 11.1. The van der Waals surface area contributed by atoms with Crippen molar-refractivity contribution in [1.82, 2.24) is 5.32 Å². The number of hydrogen-bond donors (Lipinski definition) is 2. The number of hydrogen-bond acceptors (Lipinski definition) is 3. The largest absolute Gasteiger partial charge is 0.398 e. The van der Waals surface area contributed by atoms with Crippen molar-refractivity contribution in [3.63, 3.8) is 0 Å². The van der Waals surface area contributed by atoms with Gasteiger partial charge in [-0.1, -0.05) is 11.6 Å². The molecule has 4 nitrogen and oxygen atoms in total. The van der Waals surface area contributed by atoms with Crippen molar-refractivity contribution in [3.8, 4) is 0 Å². The first-order valence-corrected chi connectivity index (χ1v) is 5.81. The minimum absolute atomic E-state index is 0.0241. The van der Waals surface area contributed by atoms with E-state index in [4.69, 9.17) is 17.3 Å². The summed E-state index contributed by atoms with van der Waals surface area (Å²) < 4.78 is 0. The molecule has 17 heavy (non-hydrogen) atoms. The third-order valence-corrected chi connectivity index (χ3v) is 3.01. The van der Waals surface area contributed by atoms with Gasteiger partial charge in [-0.15, -0.1) is 0 Å². The monoisotopic (exact) mass is 255 g/mol. The van der Waals surface area contributed by atoms with Gasteiger partial charge in [-0.25, -0.2) is 0 Å². The third-order valence-electron chi connectivity index (χ3n) is 2.68. The first kappa shape index (κ1) is 13.6. The smallest absolute Gasteiger partial charge is 0.221 e. The maximum absolute atomic E-state index is 11.2. The minimum atomic E-state index is 0.0241. The topological polar surface area (TPSA) is 58.4 Å². The van der Waals surface area contributed by atoms with E-state index in [0.29, 0.717) is 23.7 Å². The first-order chi connectivity index (χ1) is 7.95. The molecule has 0 unspecified atom stereocenters. The molecule has 1 aromatic carbocycles. The maximum Gasteiger partial charge on any atom is 0.221 e. The van der Waals surface area contributed by atoms with Crippen LogP contribution in [0.3, 0.4) is 0 Å². The normalized spacial score (nSPS) is 10.1. The highest BCUT2D eigenvalue weighted by Crippen LogP contribution is 2.28. The lowest BCUT2D eigenvalue weighted by Crippen LogP contribution is -2.26. The molecule has 5 heteroatoms. The lowest BCUT2D eigenvalue weighted by atomic mass is 10.1. The van der Waals surface area contributed by atoms with Gasteiger partial charge in [0.2, 0.25) is 5.91 Å². The average Bonchev–Trinajstić information content (AvgIpc) is 2.30. The summed E-state index contributed by atoms with van der Waals surface area (Å²) >= 11 is 5.99. The number of nitrogen functional groups attached to an aromatic ring is 1. The summed E-state index contributed by atoms with van der Waals surface area (Å²) in [6, 6.07) is 3.67. The van der Waals surface area contributed by atoms with E-state index in [1.54, 1.807) is 7.05 Å². The molecule has 0 aromatic heterocycles. The lowest BCUT2D eigenvalue weighted by molar-refractivity contribution is -0.120. The first-order valence-electron chi connectivity index (χ1n) is 5.43. The van der Waals surface area contributed by atoms with Crippen molar-refractivity contribution in [3.05, 3.63) is 22.7 Å². The van der Waals surface area contributed by atoms with E-state index in [1.807, 2.05) is 31.0 Å². The van der Waals surface area contributed by atoms with Gasteiger partial charge in [0.05, 0.1) is 10.7 Å². The molecule has 0 atom stereocenters. The Kier molecular flexibility index (Phi) is 4.63. The molecule has 0 aliphatic carbocycles. The molecule has 3 N–H and O–H groups in total. The number of aryl methyl sites for hydroxylation is 1. The molecule has 1 amide bonds. The quantitative estimate of drug-likeness (QED) is 0.807. The van der Waals surface area contributed by atoms with Crippen molar-refractivity contribution in [1.29, 1.82) is 0 Å². The van der Waals surface area contributed by atoms with E-state index < -0.39 is 0 Å². The van der Waals surface area contributed by atoms with Gasteiger partial charge in [0.25, 0.3) is 0 Å². The molecule has 0 spiro atoms. The minimum Gasteiger partial charge on any atom is -0.398 e. The van der Waals surface area contributed by atoms with E-state index in [9.17, 15) is 4.79 Å². The molecule has 1 rings (SSSR count). The summed E-state index contributed by atoms with van der Waals surface area (Å²) in [4.78, 5) is 13.2. The van der Waals surface area contributed by atoms with E-state index in [2.05, 4.69) is 5.32 Å². The second kappa shape index (κ2) is 5.77. The number of anilines is 2. The molecule has 0 aliphatic heterocycles. The van der Waals surface area contributed by atoms with Crippen LogP contribution >= 0.6 is 11.6 Å². The summed E-state index contributed by atoms with van der Waals surface area (Å²) in [5.41, 5.74) is 8.34. The van der Waals surface area contributed by atoms with Gasteiger partial charge < -0.3 is 16.0 Å². The molecule has 1 aromatic rings. The molecule has 0 saturated heterocycles. The van der Waals surface area contributed by atoms with Crippen LogP contribution in [0.2, 0.25) is 5.02 Å². The number of halogens is 1. The van der Waals surface area contributed by atoms with Gasteiger partial charge in [-0.05, 0) is 24.6 Å². The highest BCUT2D eigenvalue weighted by molar-refractivity contribution is 6.33.